The van der Waals surface area contributed by atoms with Crippen LogP contribution in [-0.2, 0) is 4.79 Å². The average molecular weight is 368 g/mol. The van der Waals surface area contributed by atoms with Crippen LogP contribution >= 0.6 is 11.8 Å². The molecule has 8 heteroatoms. The first kappa shape index (κ1) is 16.5. The molecule has 0 unspecified atom stereocenters. The summed E-state index contributed by atoms with van der Waals surface area (Å²) >= 11 is 1.35. The molecule has 0 fully saturated rings. The number of hydrogen-bond acceptors (Lipinski definition) is 6. The van der Waals surface area contributed by atoms with Crippen molar-refractivity contribution in [3.8, 4) is 17.2 Å². The molecule has 1 aromatic heterocycles. The number of nitrogens with one attached hydrogen (secondary N) is 1. The van der Waals surface area contributed by atoms with Crippen LogP contribution in [0.15, 0.2) is 60.0 Å². The third-order valence-corrected chi connectivity index (χ3v) is 4.90. The Hall–Kier alpha value is -3.00. The Balaban J connectivity index is 1.45. The van der Waals surface area contributed by atoms with Crippen LogP contribution in [-0.4, -0.2) is 32.7 Å². The van der Waals surface area contributed by atoms with Crippen molar-refractivity contribution in [3.05, 3.63) is 54.9 Å². The van der Waals surface area contributed by atoms with Crippen LogP contribution in [0.5, 0.6) is 11.5 Å². The summed E-state index contributed by atoms with van der Waals surface area (Å²) in [6.45, 7) is 2.03. The molecule has 0 saturated heterocycles. The fraction of sp³-hybridized carbons (Fsp3) is 0.167. The van der Waals surface area contributed by atoms with Crippen molar-refractivity contribution in [1.29, 1.82) is 0 Å². The van der Waals surface area contributed by atoms with Gasteiger partial charge >= 0.3 is 0 Å². The SMILES string of the molecule is C[C@H](Sc1nncn1-c1ccccc1)C(=O)Nc1ccc2c(c1)OCO2. The number of hydrogen-bond donors (Lipinski definition) is 1. The van der Waals surface area contributed by atoms with E-state index in [1.807, 2.05) is 41.8 Å². The van der Waals surface area contributed by atoms with Gasteiger partial charge in [-0.25, -0.2) is 0 Å². The monoisotopic (exact) mass is 368 g/mol. The summed E-state index contributed by atoms with van der Waals surface area (Å²) in [6.07, 6.45) is 1.64. The normalized spacial score (nSPS) is 13.4. The van der Waals surface area contributed by atoms with E-state index in [1.54, 1.807) is 24.5 Å². The molecule has 1 aliphatic rings. The first-order valence-electron chi connectivity index (χ1n) is 8.03. The topological polar surface area (TPSA) is 78.3 Å². The van der Waals surface area contributed by atoms with Crippen LogP contribution in [0, 0.1) is 0 Å². The quantitative estimate of drug-likeness (QED) is 0.697. The maximum atomic E-state index is 12.5. The van der Waals surface area contributed by atoms with Gasteiger partial charge in [0.15, 0.2) is 16.7 Å². The Morgan fingerprint density at radius 2 is 2.00 bits per heavy atom. The lowest BCUT2D eigenvalue weighted by Crippen LogP contribution is -2.22. The average Bonchev–Trinajstić information content (AvgIpc) is 3.31. The molecule has 2 aromatic carbocycles. The minimum absolute atomic E-state index is 0.128. The molecule has 0 radical (unpaired) electrons. The molecular weight excluding hydrogens is 352 g/mol. The van der Waals surface area contributed by atoms with Crippen molar-refractivity contribution >= 4 is 23.4 Å². The third kappa shape index (κ3) is 3.36. The van der Waals surface area contributed by atoms with Crippen LogP contribution in [0.25, 0.3) is 5.69 Å². The second-order valence-corrected chi connectivity index (χ2v) is 6.94. The van der Waals surface area contributed by atoms with Gasteiger partial charge in [-0.2, -0.15) is 0 Å². The smallest absolute Gasteiger partial charge is 0.237 e. The molecule has 2 heterocycles. The predicted molar refractivity (Wildman–Crippen MR) is 97.9 cm³/mol. The highest BCUT2D eigenvalue weighted by Gasteiger charge is 2.20. The second-order valence-electron chi connectivity index (χ2n) is 5.64. The van der Waals surface area contributed by atoms with E-state index >= 15 is 0 Å². The van der Waals surface area contributed by atoms with Gasteiger partial charge in [0.25, 0.3) is 0 Å². The molecule has 26 heavy (non-hydrogen) atoms. The number of anilines is 1. The van der Waals surface area contributed by atoms with Gasteiger partial charge in [-0.1, -0.05) is 30.0 Å². The van der Waals surface area contributed by atoms with Crippen LogP contribution in [0.1, 0.15) is 6.92 Å². The summed E-state index contributed by atoms with van der Waals surface area (Å²) in [5.74, 6) is 1.18. The van der Waals surface area contributed by atoms with Gasteiger partial charge in [-0.15, -0.1) is 10.2 Å². The molecule has 4 rings (SSSR count). The minimum Gasteiger partial charge on any atom is -0.454 e. The molecular formula is C18H16N4O3S. The van der Waals surface area contributed by atoms with Crippen molar-refractivity contribution in [3.63, 3.8) is 0 Å². The number of nitrogens with zero attached hydrogens (tertiary/aromatic N) is 3. The number of fused-ring (bicyclic) bond motifs is 1. The Morgan fingerprint density at radius 3 is 2.85 bits per heavy atom. The third-order valence-electron chi connectivity index (χ3n) is 3.84. The summed E-state index contributed by atoms with van der Waals surface area (Å²) in [6, 6.07) is 15.1. The molecule has 7 nitrogen and oxygen atoms in total. The molecule has 3 aromatic rings. The lowest BCUT2D eigenvalue weighted by atomic mass is 10.2. The zero-order chi connectivity index (χ0) is 17.9. The zero-order valence-corrected chi connectivity index (χ0v) is 14.8. The number of carbonyl (C=O) groups is 1. The molecule has 1 atom stereocenters. The highest BCUT2D eigenvalue weighted by atomic mass is 32.2. The maximum absolute atomic E-state index is 12.5. The van der Waals surface area contributed by atoms with Crippen molar-refractivity contribution in [2.24, 2.45) is 0 Å². The van der Waals surface area contributed by atoms with E-state index in [9.17, 15) is 4.79 Å². The van der Waals surface area contributed by atoms with E-state index in [0.717, 1.165) is 5.69 Å². The standard InChI is InChI=1S/C18H16N4O3S/c1-12(17(23)20-13-7-8-15-16(9-13)25-11-24-15)26-18-21-19-10-22(18)14-5-3-2-4-6-14/h2-10,12H,11H2,1H3,(H,20,23)/t12-/m0/s1. The number of amides is 1. The number of thioether (sulfide) groups is 1. The van der Waals surface area contributed by atoms with Gasteiger partial charge < -0.3 is 14.8 Å². The Labute approximate surface area is 154 Å². The van der Waals surface area contributed by atoms with E-state index in [2.05, 4.69) is 15.5 Å². The molecule has 0 spiro atoms. The Bertz CT molecular complexity index is 929. The fourth-order valence-electron chi connectivity index (χ4n) is 2.50. The summed E-state index contributed by atoms with van der Waals surface area (Å²) < 4.78 is 12.5. The molecule has 132 valence electrons. The number of aromatic nitrogens is 3. The summed E-state index contributed by atoms with van der Waals surface area (Å²) in [7, 11) is 0. The van der Waals surface area contributed by atoms with Gasteiger partial charge in [0, 0.05) is 17.4 Å². The molecule has 1 N–H and O–H groups in total. The number of rotatable bonds is 5. The minimum atomic E-state index is -0.355. The van der Waals surface area contributed by atoms with E-state index in [-0.39, 0.29) is 18.0 Å². The lowest BCUT2D eigenvalue weighted by Gasteiger charge is -2.12. The number of ether oxygens (including phenoxy) is 2. The fourth-order valence-corrected chi connectivity index (χ4v) is 3.34. The largest absolute Gasteiger partial charge is 0.454 e. The maximum Gasteiger partial charge on any atom is 0.237 e. The highest BCUT2D eigenvalue weighted by molar-refractivity contribution is 8.00. The molecule has 0 aliphatic carbocycles. The second kappa shape index (κ2) is 7.09. The van der Waals surface area contributed by atoms with Crippen molar-refractivity contribution < 1.29 is 14.3 Å². The van der Waals surface area contributed by atoms with Crippen LogP contribution in [0.4, 0.5) is 5.69 Å². The summed E-state index contributed by atoms with van der Waals surface area (Å²) in [4.78, 5) is 12.5. The van der Waals surface area contributed by atoms with E-state index in [0.29, 0.717) is 22.3 Å². The van der Waals surface area contributed by atoms with Gasteiger partial charge in [0.05, 0.1) is 5.25 Å². The zero-order valence-electron chi connectivity index (χ0n) is 14.0. The van der Waals surface area contributed by atoms with Crippen molar-refractivity contribution in [2.45, 2.75) is 17.3 Å². The van der Waals surface area contributed by atoms with Gasteiger partial charge in [-0.05, 0) is 31.2 Å². The molecule has 1 aliphatic heterocycles. The molecule has 1 amide bonds. The number of para-hydroxylation sites is 1. The van der Waals surface area contributed by atoms with Crippen molar-refractivity contribution in [1.82, 2.24) is 14.8 Å². The number of carbonyl (C=O) groups excluding carboxylic acids is 1. The molecule has 0 saturated carbocycles. The van der Waals surface area contributed by atoms with Gasteiger partial charge in [0.1, 0.15) is 6.33 Å². The Morgan fingerprint density at radius 1 is 1.19 bits per heavy atom. The van der Waals surface area contributed by atoms with Crippen LogP contribution in [0.2, 0.25) is 0 Å². The van der Waals surface area contributed by atoms with Gasteiger partial charge in [-0.3, -0.25) is 9.36 Å². The summed E-state index contributed by atoms with van der Waals surface area (Å²) in [5.41, 5.74) is 1.61. The van der Waals surface area contributed by atoms with E-state index in [1.165, 1.54) is 11.8 Å². The van der Waals surface area contributed by atoms with Crippen molar-refractivity contribution in [2.75, 3.05) is 12.1 Å². The van der Waals surface area contributed by atoms with E-state index in [4.69, 9.17) is 9.47 Å². The van der Waals surface area contributed by atoms with Crippen LogP contribution < -0.4 is 14.8 Å². The summed E-state index contributed by atoms with van der Waals surface area (Å²) in [5, 5.41) is 11.3. The first-order valence-corrected chi connectivity index (χ1v) is 8.91. The highest BCUT2D eigenvalue weighted by Crippen LogP contribution is 2.34. The van der Waals surface area contributed by atoms with Gasteiger partial charge in [0.2, 0.25) is 12.7 Å². The van der Waals surface area contributed by atoms with E-state index < -0.39 is 0 Å². The van der Waals surface area contributed by atoms with Crippen LogP contribution in [0.3, 0.4) is 0 Å². The Kier molecular flexibility index (Phi) is 4.49. The first-order chi connectivity index (χ1) is 12.7. The predicted octanol–water partition coefficient (Wildman–Crippen LogP) is 3.12. The molecule has 0 bridgehead atoms. The lowest BCUT2D eigenvalue weighted by molar-refractivity contribution is -0.115. The number of benzene rings is 2.